The first kappa shape index (κ1) is 21.6. The summed E-state index contributed by atoms with van der Waals surface area (Å²) in [7, 11) is 1.80. The molecule has 31 heavy (non-hydrogen) atoms. The van der Waals surface area contributed by atoms with E-state index in [1.807, 2.05) is 17.0 Å². The first-order chi connectivity index (χ1) is 15.1. The van der Waals surface area contributed by atoms with E-state index in [4.69, 9.17) is 0 Å². The normalized spacial score (nSPS) is 19.3. The number of guanidine groups is 1. The quantitative estimate of drug-likeness (QED) is 0.383. The van der Waals surface area contributed by atoms with Gasteiger partial charge in [0.25, 0.3) is 0 Å². The van der Waals surface area contributed by atoms with Crippen LogP contribution in [0, 0.1) is 0 Å². The molecule has 0 bridgehead atoms. The van der Waals surface area contributed by atoms with Gasteiger partial charge in [-0.3, -0.25) is 19.5 Å². The average Bonchev–Trinajstić information content (AvgIpc) is 3.48. The van der Waals surface area contributed by atoms with E-state index in [0.29, 0.717) is 19.0 Å². The van der Waals surface area contributed by atoms with E-state index in [1.165, 1.54) is 11.1 Å². The molecule has 2 N–H and O–H groups in total. The van der Waals surface area contributed by atoms with Gasteiger partial charge in [-0.05, 0) is 30.4 Å². The summed E-state index contributed by atoms with van der Waals surface area (Å²) in [5, 5.41) is 6.45. The summed E-state index contributed by atoms with van der Waals surface area (Å²) in [6.45, 7) is 6.07. The molecule has 1 saturated carbocycles. The molecule has 2 heterocycles. The Balaban J connectivity index is 1.12. The maximum atomic E-state index is 12.5. The van der Waals surface area contributed by atoms with Crippen LogP contribution in [0.2, 0.25) is 0 Å². The molecular weight excluding hydrogens is 392 g/mol. The number of amides is 2. The van der Waals surface area contributed by atoms with Crippen LogP contribution in [0.3, 0.4) is 0 Å². The van der Waals surface area contributed by atoms with Crippen molar-refractivity contribution in [1.29, 1.82) is 0 Å². The lowest BCUT2D eigenvalue weighted by molar-refractivity contribution is -0.131. The van der Waals surface area contributed by atoms with Gasteiger partial charge in [0.2, 0.25) is 11.8 Å². The summed E-state index contributed by atoms with van der Waals surface area (Å²) >= 11 is 0. The van der Waals surface area contributed by atoms with Crippen molar-refractivity contribution in [2.45, 2.75) is 44.8 Å². The number of carbonyl (C=O) groups excluding carboxylic acids is 2. The molecule has 4 rings (SSSR count). The van der Waals surface area contributed by atoms with Crippen LogP contribution in [-0.4, -0.2) is 84.8 Å². The minimum Gasteiger partial charge on any atom is -0.356 e. The Labute approximate surface area is 184 Å². The highest BCUT2D eigenvalue weighted by Crippen LogP contribution is 2.23. The third kappa shape index (κ3) is 5.97. The monoisotopic (exact) mass is 426 g/mol. The Morgan fingerprint density at radius 1 is 1.03 bits per heavy atom. The highest BCUT2D eigenvalue weighted by atomic mass is 16.2. The van der Waals surface area contributed by atoms with E-state index in [9.17, 15) is 9.59 Å². The van der Waals surface area contributed by atoms with Crippen molar-refractivity contribution < 1.29 is 9.59 Å². The first-order valence-electron chi connectivity index (χ1n) is 11.4. The highest BCUT2D eigenvalue weighted by molar-refractivity contribution is 5.81. The number of hydrogen-bond acceptors (Lipinski definition) is 4. The molecule has 1 aliphatic carbocycles. The molecular formula is C23H34N6O2. The number of nitrogens with one attached hydrogen (secondary N) is 2. The van der Waals surface area contributed by atoms with Crippen molar-refractivity contribution in [1.82, 2.24) is 25.3 Å². The number of benzene rings is 1. The van der Waals surface area contributed by atoms with E-state index >= 15 is 0 Å². The van der Waals surface area contributed by atoms with Crippen LogP contribution in [0.25, 0.3) is 0 Å². The Hall–Kier alpha value is -2.61. The van der Waals surface area contributed by atoms with E-state index in [1.54, 1.807) is 7.05 Å². The van der Waals surface area contributed by atoms with Crippen molar-refractivity contribution in [3.63, 3.8) is 0 Å². The smallest absolute Gasteiger partial charge is 0.234 e. The summed E-state index contributed by atoms with van der Waals surface area (Å²) in [5.41, 5.74) is 2.53. The molecule has 0 unspecified atom stereocenters. The third-order valence-corrected chi connectivity index (χ3v) is 6.24. The molecule has 2 amide bonds. The van der Waals surface area contributed by atoms with Gasteiger partial charge in [0, 0.05) is 65.3 Å². The van der Waals surface area contributed by atoms with Gasteiger partial charge in [0.15, 0.2) is 5.96 Å². The van der Waals surface area contributed by atoms with Gasteiger partial charge in [-0.2, -0.15) is 0 Å². The van der Waals surface area contributed by atoms with Gasteiger partial charge < -0.3 is 20.4 Å². The molecule has 1 saturated heterocycles. The summed E-state index contributed by atoms with van der Waals surface area (Å²) in [4.78, 5) is 35.3. The largest absolute Gasteiger partial charge is 0.356 e. The number of aliphatic imine (C=N–C) groups is 1. The zero-order valence-electron chi connectivity index (χ0n) is 18.5. The minimum atomic E-state index is 0.143. The summed E-state index contributed by atoms with van der Waals surface area (Å²) in [6.07, 6.45) is 3.57. The van der Waals surface area contributed by atoms with Gasteiger partial charge in [0.05, 0.1) is 6.54 Å². The lowest BCUT2D eigenvalue weighted by Gasteiger charge is -2.36. The topological polar surface area (TPSA) is 80.3 Å². The second-order valence-corrected chi connectivity index (χ2v) is 8.70. The molecule has 1 aromatic carbocycles. The molecule has 3 aliphatic rings. The predicted octanol–water partition coefficient (Wildman–Crippen LogP) is 0.781. The predicted molar refractivity (Wildman–Crippen MR) is 120 cm³/mol. The maximum Gasteiger partial charge on any atom is 0.234 e. The van der Waals surface area contributed by atoms with Gasteiger partial charge >= 0.3 is 0 Å². The highest BCUT2D eigenvalue weighted by Gasteiger charge is 2.26. The molecule has 0 radical (unpaired) electrons. The van der Waals surface area contributed by atoms with Crippen molar-refractivity contribution in [3.8, 4) is 0 Å². The van der Waals surface area contributed by atoms with Crippen molar-refractivity contribution in [2.24, 2.45) is 4.99 Å². The lowest BCUT2D eigenvalue weighted by Crippen LogP contribution is -2.54. The Morgan fingerprint density at radius 2 is 1.71 bits per heavy atom. The fourth-order valence-corrected chi connectivity index (χ4v) is 4.26. The van der Waals surface area contributed by atoms with Crippen LogP contribution in [0.1, 0.15) is 36.8 Å². The SMILES string of the molecule is CN=C(NCCCC(=O)N1Cc2ccccc2C1)N1CCN(CC(=O)NC2CC2)CC1. The molecule has 168 valence electrons. The lowest BCUT2D eigenvalue weighted by atomic mass is 10.1. The molecule has 8 heteroatoms. The van der Waals surface area contributed by atoms with Gasteiger partial charge in [-0.25, -0.2) is 0 Å². The summed E-state index contributed by atoms with van der Waals surface area (Å²) in [5.74, 6) is 1.23. The maximum absolute atomic E-state index is 12.5. The van der Waals surface area contributed by atoms with E-state index in [-0.39, 0.29) is 11.8 Å². The van der Waals surface area contributed by atoms with Crippen LogP contribution in [0.5, 0.6) is 0 Å². The van der Waals surface area contributed by atoms with E-state index in [2.05, 4.69) is 37.6 Å². The number of carbonyl (C=O) groups is 2. The van der Waals surface area contributed by atoms with E-state index in [0.717, 1.165) is 71.0 Å². The van der Waals surface area contributed by atoms with Crippen LogP contribution in [0.4, 0.5) is 0 Å². The fraction of sp³-hybridized carbons (Fsp3) is 0.609. The first-order valence-corrected chi connectivity index (χ1v) is 11.4. The van der Waals surface area contributed by atoms with Gasteiger partial charge in [-0.1, -0.05) is 24.3 Å². The third-order valence-electron chi connectivity index (χ3n) is 6.24. The Bertz CT molecular complexity index is 789. The molecule has 2 aliphatic heterocycles. The van der Waals surface area contributed by atoms with Crippen LogP contribution in [-0.2, 0) is 22.7 Å². The number of rotatable bonds is 7. The number of piperazine rings is 1. The fourth-order valence-electron chi connectivity index (χ4n) is 4.26. The van der Waals surface area contributed by atoms with Crippen LogP contribution in [0.15, 0.2) is 29.3 Å². The molecule has 8 nitrogen and oxygen atoms in total. The number of nitrogens with zero attached hydrogens (tertiary/aromatic N) is 4. The number of hydrogen-bond donors (Lipinski definition) is 2. The standard InChI is InChI=1S/C23H34N6O2/c1-24-23(28-13-11-27(12-14-28)17-21(30)26-20-8-9-20)25-10-4-7-22(31)29-15-18-5-2-3-6-19(18)16-29/h2-3,5-6,20H,4,7-17H2,1H3,(H,24,25)(H,26,30). The molecule has 1 aromatic rings. The van der Waals surface area contributed by atoms with Crippen LogP contribution >= 0.6 is 0 Å². The van der Waals surface area contributed by atoms with Crippen molar-refractivity contribution >= 4 is 17.8 Å². The average molecular weight is 427 g/mol. The van der Waals surface area contributed by atoms with Crippen LogP contribution < -0.4 is 10.6 Å². The second kappa shape index (κ2) is 10.1. The molecule has 0 aromatic heterocycles. The van der Waals surface area contributed by atoms with Gasteiger partial charge in [-0.15, -0.1) is 0 Å². The summed E-state index contributed by atoms with van der Waals surface area (Å²) in [6, 6.07) is 8.70. The minimum absolute atomic E-state index is 0.143. The number of fused-ring (bicyclic) bond motifs is 1. The van der Waals surface area contributed by atoms with Gasteiger partial charge in [0.1, 0.15) is 0 Å². The Kier molecular flexibility index (Phi) is 7.06. The Morgan fingerprint density at radius 3 is 2.32 bits per heavy atom. The zero-order valence-corrected chi connectivity index (χ0v) is 18.5. The van der Waals surface area contributed by atoms with Crippen molar-refractivity contribution in [2.75, 3.05) is 46.3 Å². The molecule has 2 fully saturated rings. The second-order valence-electron chi connectivity index (χ2n) is 8.70. The molecule has 0 atom stereocenters. The molecule has 0 spiro atoms. The van der Waals surface area contributed by atoms with Crippen molar-refractivity contribution in [3.05, 3.63) is 35.4 Å². The summed E-state index contributed by atoms with van der Waals surface area (Å²) < 4.78 is 0. The zero-order chi connectivity index (χ0) is 21.6. The van der Waals surface area contributed by atoms with E-state index < -0.39 is 0 Å².